The molecular weight excluding hydrogens is 222 g/mol. The zero-order valence-electron chi connectivity index (χ0n) is 10.2. The van der Waals surface area contributed by atoms with Gasteiger partial charge >= 0.3 is 0 Å². The van der Waals surface area contributed by atoms with Crippen molar-refractivity contribution in [1.82, 2.24) is 5.32 Å². The second-order valence-electron chi connectivity index (χ2n) is 4.17. The first kappa shape index (κ1) is 13.3. The van der Waals surface area contributed by atoms with Crippen LogP contribution in [-0.2, 0) is 0 Å². The van der Waals surface area contributed by atoms with Crippen molar-refractivity contribution in [2.75, 3.05) is 6.54 Å². The van der Waals surface area contributed by atoms with Gasteiger partial charge in [-0.05, 0) is 24.6 Å². The fourth-order valence-corrected chi connectivity index (χ4v) is 1.55. The zero-order chi connectivity index (χ0) is 12.0. The molecule has 1 aromatic rings. The quantitative estimate of drug-likeness (QED) is 0.823. The van der Waals surface area contributed by atoms with E-state index in [9.17, 15) is 0 Å². The standard InChI is InChI=1S/C13H20ClNO/c1-4-12(9-15-10(2)3)16-13-7-5-6-11(14)8-13/h5-8,10,12,15H,4,9H2,1-3H3. The molecule has 0 saturated heterocycles. The fraction of sp³-hybridized carbons (Fsp3) is 0.538. The van der Waals surface area contributed by atoms with Gasteiger partial charge in [0.25, 0.3) is 0 Å². The van der Waals surface area contributed by atoms with Crippen LogP contribution in [0.25, 0.3) is 0 Å². The van der Waals surface area contributed by atoms with Crippen molar-refractivity contribution in [3.8, 4) is 5.75 Å². The minimum Gasteiger partial charge on any atom is -0.489 e. The molecule has 0 bridgehead atoms. The summed E-state index contributed by atoms with van der Waals surface area (Å²) in [5.74, 6) is 0.838. The summed E-state index contributed by atoms with van der Waals surface area (Å²) in [6, 6.07) is 8.02. The predicted molar refractivity (Wildman–Crippen MR) is 69.3 cm³/mol. The van der Waals surface area contributed by atoms with Gasteiger partial charge in [0.2, 0.25) is 0 Å². The third-order valence-corrected chi connectivity index (χ3v) is 2.54. The number of ether oxygens (including phenoxy) is 1. The predicted octanol–water partition coefficient (Wildman–Crippen LogP) is 3.50. The Morgan fingerprint density at radius 3 is 2.69 bits per heavy atom. The molecule has 3 heteroatoms. The van der Waals surface area contributed by atoms with Crippen molar-refractivity contribution in [2.24, 2.45) is 0 Å². The van der Waals surface area contributed by atoms with Crippen LogP contribution in [0.2, 0.25) is 5.02 Å². The largest absolute Gasteiger partial charge is 0.489 e. The maximum Gasteiger partial charge on any atom is 0.121 e. The third kappa shape index (κ3) is 4.86. The highest BCUT2D eigenvalue weighted by Crippen LogP contribution is 2.18. The number of benzene rings is 1. The van der Waals surface area contributed by atoms with Crippen LogP contribution in [0.4, 0.5) is 0 Å². The molecule has 0 amide bonds. The van der Waals surface area contributed by atoms with Gasteiger partial charge in [-0.1, -0.05) is 38.4 Å². The molecule has 0 spiro atoms. The topological polar surface area (TPSA) is 21.3 Å². The highest BCUT2D eigenvalue weighted by molar-refractivity contribution is 6.30. The molecule has 2 nitrogen and oxygen atoms in total. The summed E-state index contributed by atoms with van der Waals surface area (Å²) >= 11 is 5.90. The van der Waals surface area contributed by atoms with E-state index in [2.05, 4.69) is 26.1 Å². The molecule has 0 radical (unpaired) electrons. The summed E-state index contributed by atoms with van der Waals surface area (Å²) in [5, 5.41) is 4.09. The van der Waals surface area contributed by atoms with Crippen molar-refractivity contribution in [1.29, 1.82) is 0 Å². The van der Waals surface area contributed by atoms with Crippen molar-refractivity contribution < 1.29 is 4.74 Å². The number of nitrogens with one attached hydrogen (secondary N) is 1. The van der Waals surface area contributed by atoms with Crippen molar-refractivity contribution in [2.45, 2.75) is 39.3 Å². The van der Waals surface area contributed by atoms with E-state index < -0.39 is 0 Å². The third-order valence-electron chi connectivity index (χ3n) is 2.31. The van der Waals surface area contributed by atoms with Gasteiger partial charge < -0.3 is 10.1 Å². The Morgan fingerprint density at radius 1 is 1.38 bits per heavy atom. The summed E-state index contributed by atoms with van der Waals surface area (Å²) in [7, 11) is 0. The second kappa shape index (κ2) is 6.77. The molecule has 0 heterocycles. The van der Waals surface area contributed by atoms with Gasteiger partial charge in [-0.15, -0.1) is 0 Å². The molecule has 0 aliphatic rings. The van der Waals surface area contributed by atoms with Gasteiger partial charge in [-0.25, -0.2) is 0 Å². The van der Waals surface area contributed by atoms with Crippen LogP contribution in [0.5, 0.6) is 5.75 Å². The normalized spacial score (nSPS) is 12.8. The molecule has 1 rings (SSSR count). The SMILES string of the molecule is CCC(CNC(C)C)Oc1cccc(Cl)c1. The molecule has 0 fully saturated rings. The van der Waals surface area contributed by atoms with E-state index in [4.69, 9.17) is 16.3 Å². The first-order valence-corrected chi connectivity index (χ1v) is 6.15. The Kier molecular flexibility index (Phi) is 5.64. The smallest absolute Gasteiger partial charge is 0.121 e. The lowest BCUT2D eigenvalue weighted by Crippen LogP contribution is -2.34. The van der Waals surface area contributed by atoms with E-state index in [0.29, 0.717) is 11.1 Å². The van der Waals surface area contributed by atoms with Gasteiger partial charge in [0.15, 0.2) is 0 Å². The van der Waals surface area contributed by atoms with Gasteiger partial charge in [0.1, 0.15) is 11.9 Å². The monoisotopic (exact) mass is 241 g/mol. The Morgan fingerprint density at radius 2 is 2.12 bits per heavy atom. The van der Waals surface area contributed by atoms with Crippen molar-refractivity contribution in [3.63, 3.8) is 0 Å². The highest BCUT2D eigenvalue weighted by Gasteiger charge is 2.08. The Bertz CT molecular complexity index is 315. The van der Waals surface area contributed by atoms with Crippen LogP contribution in [0.15, 0.2) is 24.3 Å². The second-order valence-corrected chi connectivity index (χ2v) is 4.60. The zero-order valence-corrected chi connectivity index (χ0v) is 10.9. The molecule has 1 aromatic carbocycles. The molecule has 0 saturated carbocycles. The van der Waals surface area contributed by atoms with E-state index in [0.717, 1.165) is 18.7 Å². The molecular formula is C13H20ClNO. The Hall–Kier alpha value is -0.730. The number of halogens is 1. The number of hydrogen-bond donors (Lipinski definition) is 1. The molecule has 90 valence electrons. The minimum atomic E-state index is 0.195. The molecule has 1 atom stereocenters. The molecule has 1 unspecified atom stereocenters. The first-order valence-electron chi connectivity index (χ1n) is 5.77. The van der Waals surface area contributed by atoms with E-state index in [1.807, 2.05) is 24.3 Å². The van der Waals surface area contributed by atoms with E-state index in [1.54, 1.807) is 0 Å². The average Bonchev–Trinajstić information content (AvgIpc) is 2.24. The van der Waals surface area contributed by atoms with Crippen LogP contribution in [0.1, 0.15) is 27.2 Å². The lowest BCUT2D eigenvalue weighted by molar-refractivity contribution is 0.190. The molecule has 1 N–H and O–H groups in total. The van der Waals surface area contributed by atoms with E-state index in [1.165, 1.54) is 0 Å². The fourth-order valence-electron chi connectivity index (χ4n) is 1.37. The van der Waals surface area contributed by atoms with Crippen LogP contribution in [-0.4, -0.2) is 18.7 Å². The summed E-state index contributed by atoms with van der Waals surface area (Å²) in [6.07, 6.45) is 1.17. The maximum atomic E-state index is 5.90. The molecule has 0 aliphatic heterocycles. The number of rotatable bonds is 6. The number of hydrogen-bond acceptors (Lipinski definition) is 2. The Balaban J connectivity index is 2.49. The van der Waals surface area contributed by atoms with Gasteiger partial charge in [-0.3, -0.25) is 0 Å². The molecule has 0 aromatic heterocycles. The first-order chi connectivity index (χ1) is 7.61. The summed E-state index contributed by atoms with van der Waals surface area (Å²) in [4.78, 5) is 0. The van der Waals surface area contributed by atoms with Gasteiger partial charge in [-0.2, -0.15) is 0 Å². The van der Waals surface area contributed by atoms with E-state index in [-0.39, 0.29) is 6.10 Å². The Labute approximate surface area is 103 Å². The summed E-state index contributed by atoms with van der Waals surface area (Å²) < 4.78 is 5.85. The minimum absolute atomic E-state index is 0.195. The van der Waals surface area contributed by atoms with Crippen molar-refractivity contribution >= 4 is 11.6 Å². The van der Waals surface area contributed by atoms with Crippen LogP contribution in [0.3, 0.4) is 0 Å². The lowest BCUT2D eigenvalue weighted by atomic mass is 10.2. The van der Waals surface area contributed by atoms with Crippen LogP contribution < -0.4 is 10.1 Å². The average molecular weight is 242 g/mol. The lowest BCUT2D eigenvalue weighted by Gasteiger charge is -2.19. The van der Waals surface area contributed by atoms with Crippen molar-refractivity contribution in [3.05, 3.63) is 29.3 Å². The van der Waals surface area contributed by atoms with Crippen LogP contribution >= 0.6 is 11.6 Å². The van der Waals surface area contributed by atoms with Gasteiger partial charge in [0.05, 0.1) is 0 Å². The summed E-state index contributed by atoms with van der Waals surface area (Å²) in [6.45, 7) is 7.25. The highest BCUT2D eigenvalue weighted by atomic mass is 35.5. The van der Waals surface area contributed by atoms with E-state index >= 15 is 0 Å². The van der Waals surface area contributed by atoms with Crippen LogP contribution in [0, 0.1) is 0 Å². The molecule has 0 aliphatic carbocycles. The molecule has 16 heavy (non-hydrogen) atoms. The van der Waals surface area contributed by atoms with Gasteiger partial charge in [0, 0.05) is 17.6 Å². The maximum absolute atomic E-state index is 5.90. The summed E-state index contributed by atoms with van der Waals surface area (Å²) in [5.41, 5.74) is 0.